The normalized spacial score (nSPS) is 27.1. The lowest BCUT2D eigenvalue weighted by atomic mass is 10.1. The van der Waals surface area contributed by atoms with E-state index in [1.54, 1.807) is 6.20 Å². The van der Waals surface area contributed by atoms with Crippen molar-refractivity contribution in [3.63, 3.8) is 0 Å². The monoisotopic (exact) mass is 221 g/mol. The van der Waals surface area contributed by atoms with E-state index in [0.29, 0.717) is 18.0 Å². The maximum absolute atomic E-state index is 5.60. The molecule has 0 saturated carbocycles. The molecule has 88 valence electrons. The van der Waals surface area contributed by atoms with Gasteiger partial charge in [0.05, 0.1) is 0 Å². The summed E-state index contributed by atoms with van der Waals surface area (Å²) < 4.78 is 0. The third-order valence-electron chi connectivity index (χ3n) is 3.34. The Kier molecular flexibility index (Phi) is 2.96. The van der Waals surface area contributed by atoms with Gasteiger partial charge in [-0.25, -0.2) is 4.98 Å². The van der Waals surface area contributed by atoms with Gasteiger partial charge in [0.15, 0.2) is 0 Å². The predicted octanol–water partition coefficient (Wildman–Crippen LogP) is 0.588. The average molecular weight is 221 g/mol. The van der Waals surface area contributed by atoms with Gasteiger partial charge < -0.3 is 10.6 Å². The molecule has 2 N–H and O–H groups in total. The van der Waals surface area contributed by atoms with E-state index in [2.05, 4.69) is 40.7 Å². The molecule has 0 aromatic carbocycles. The van der Waals surface area contributed by atoms with Crippen LogP contribution in [0.1, 0.15) is 13.8 Å². The van der Waals surface area contributed by atoms with Gasteiger partial charge in [0.25, 0.3) is 0 Å². The van der Waals surface area contributed by atoms with Gasteiger partial charge in [-0.2, -0.15) is 4.98 Å². The molecule has 1 aromatic rings. The Balaban J connectivity index is 2.17. The zero-order chi connectivity index (χ0) is 11.7. The smallest absolute Gasteiger partial charge is 0.221 e. The molecule has 16 heavy (non-hydrogen) atoms. The van der Waals surface area contributed by atoms with E-state index < -0.39 is 0 Å². The summed E-state index contributed by atoms with van der Waals surface area (Å²) in [4.78, 5) is 12.8. The highest BCUT2D eigenvalue weighted by atomic mass is 15.3. The van der Waals surface area contributed by atoms with Crippen molar-refractivity contribution in [3.8, 4) is 0 Å². The Morgan fingerprint density at radius 2 is 1.94 bits per heavy atom. The molecule has 0 bridgehead atoms. The van der Waals surface area contributed by atoms with Crippen LogP contribution in [0.3, 0.4) is 0 Å². The third-order valence-corrected chi connectivity index (χ3v) is 3.34. The first-order chi connectivity index (χ1) is 7.58. The molecule has 1 saturated heterocycles. The summed E-state index contributed by atoms with van der Waals surface area (Å²) in [5.41, 5.74) is 5.60. The van der Waals surface area contributed by atoms with Gasteiger partial charge in [-0.05, 0) is 27.0 Å². The lowest BCUT2D eigenvalue weighted by molar-refractivity contribution is 0.169. The molecule has 2 unspecified atom stereocenters. The van der Waals surface area contributed by atoms with Gasteiger partial charge in [-0.15, -0.1) is 0 Å². The number of nitrogen functional groups attached to an aromatic ring is 1. The Morgan fingerprint density at radius 1 is 1.31 bits per heavy atom. The predicted molar refractivity (Wildman–Crippen MR) is 65.3 cm³/mol. The number of anilines is 2. The van der Waals surface area contributed by atoms with Crippen LogP contribution in [0.2, 0.25) is 0 Å². The van der Waals surface area contributed by atoms with E-state index >= 15 is 0 Å². The summed E-state index contributed by atoms with van der Waals surface area (Å²) in [5.74, 6) is 1.27. The number of aromatic nitrogens is 2. The molecule has 2 atom stereocenters. The molecule has 0 spiro atoms. The van der Waals surface area contributed by atoms with Crippen molar-refractivity contribution >= 4 is 11.8 Å². The first-order valence-corrected chi connectivity index (χ1v) is 5.63. The maximum atomic E-state index is 5.60. The second-order valence-electron chi connectivity index (χ2n) is 4.54. The van der Waals surface area contributed by atoms with Crippen molar-refractivity contribution in [2.45, 2.75) is 25.9 Å². The summed E-state index contributed by atoms with van der Waals surface area (Å²) in [7, 11) is 2.17. The molecule has 0 amide bonds. The summed E-state index contributed by atoms with van der Waals surface area (Å²) in [6.07, 6.45) is 1.71. The Hall–Kier alpha value is -1.36. The van der Waals surface area contributed by atoms with Crippen LogP contribution in [0.15, 0.2) is 12.3 Å². The molecule has 1 aromatic heterocycles. The van der Waals surface area contributed by atoms with Crippen molar-refractivity contribution < 1.29 is 0 Å². The fraction of sp³-hybridized carbons (Fsp3) is 0.636. The van der Waals surface area contributed by atoms with Crippen molar-refractivity contribution in [2.24, 2.45) is 0 Å². The zero-order valence-electron chi connectivity index (χ0n) is 10.1. The molecule has 2 rings (SSSR count). The highest BCUT2D eigenvalue weighted by Gasteiger charge is 2.27. The van der Waals surface area contributed by atoms with Crippen LogP contribution in [0.4, 0.5) is 11.8 Å². The van der Waals surface area contributed by atoms with E-state index in [1.807, 2.05) is 6.07 Å². The van der Waals surface area contributed by atoms with Crippen LogP contribution in [0.5, 0.6) is 0 Å². The van der Waals surface area contributed by atoms with Gasteiger partial charge in [0, 0.05) is 31.4 Å². The van der Waals surface area contributed by atoms with Crippen molar-refractivity contribution in [1.29, 1.82) is 0 Å². The van der Waals surface area contributed by atoms with Gasteiger partial charge in [0.2, 0.25) is 5.95 Å². The number of nitrogens with two attached hydrogens (primary N) is 1. The number of nitrogens with zero attached hydrogens (tertiary/aromatic N) is 4. The molecule has 1 aliphatic heterocycles. The van der Waals surface area contributed by atoms with Crippen molar-refractivity contribution in [3.05, 3.63) is 12.3 Å². The zero-order valence-corrected chi connectivity index (χ0v) is 10.1. The molecule has 1 fully saturated rings. The van der Waals surface area contributed by atoms with E-state index in [0.717, 1.165) is 18.9 Å². The number of likely N-dealkylation sites (N-methyl/N-ethyl adjacent to an activating group) is 1. The fourth-order valence-electron chi connectivity index (χ4n) is 2.13. The second kappa shape index (κ2) is 4.25. The van der Waals surface area contributed by atoms with Crippen LogP contribution in [-0.2, 0) is 0 Å². The largest absolute Gasteiger partial charge is 0.368 e. The average Bonchev–Trinajstić information content (AvgIpc) is 2.25. The third kappa shape index (κ3) is 2.09. The minimum atomic E-state index is 0.344. The van der Waals surface area contributed by atoms with Crippen molar-refractivity contribution in [1.82, 2.24) is 14.9 Å². The van der Waals surface area contributed by atoms with Crippen LogP contribution in [0, 0.1) is 0 Å². The van der Waals surface area contributed by atoms with Crippen LogP contribution in [0.25, 0.3) is 0 Å². The van der Waals surface area contributed by atoms with Crippen LogP contribution < -0.4 is 10.6 Å². The van der Waals surface area contributed by atoms with Gasteiger partial charge in [-0.3, -0.25) is 4.90 Å². The van der Waals surface area contributed by atoms with Gasteiger partial charge in [0.1, 0.15) is 5.82 Å². The Morgan fingerprint density at radius 3 is 2.50 bits per heavy atom. The molecule has 0 radical (unpaired) electrons. The number of piperazine rings is 1. The quantitative estimate of drug-likeness (QED) is 0.752. The lowest BCUT2D eigenvalue weighted by Crippen LogP contribution is -2.55. The van der Waals surface area contributed by atoms with E-state index in [1.165, 1.54) is 0 Å². The molecular formula is C11H19N5. The van der Waals surface area contributed by atoms with E-state index in [4.69, 9.17) is 5.73 Å². The van der Waals surface area contributed by atoms with Gasteiger partial charge >= 0.3 is 0 Å². The topological polar surface area (TPSA) is 58.3 Å². The molecule has 2 heterocycles. The number of hydrogen-bond acceptors (Lipinski definition) is 5. The summed E-state index contributed by atoms with van der Waals surface area (Å²) >= 11 is 0. The molecule has 0 aliphatic carbocycles. The molecule has 5 heteroatoms. The summed E-state index contributed by atoms with van der Waals surface area (Å²) in [6, 6.07) is 2.97. The molecule has 5 nitrogen and oxygen atoms in total. The van der Waals surface area contributed by atoms with E-state index in [-0.39, 0.29) is 0 Å². The maximum Gasteiger partial charge on any atom is 0.221 e. The number of rotatable bonds is 1. The molecule has 1 aliphatic rings. The minimum absolute atomic E-state index is 0.344. The van der Waals surface area contributed by atoms with Crippen LogP contribution >= 0.6 is 0 Å². The van der Waals surface area contributed by atoms with Crippen molar-refractivity contribution in [2.75, 3.05) is 30.8 Å². The summed E-state index contributed by atoms with van der Waals surface area (Å²) in [6.45, 7) is 6.43. The highest BCUT2D eigenvalue weighted by Crippen LogP contribution is 2.19. The Bertz CT molecular complexity index is 355. The standard InChI is InChI=1S/C11H19N5/c1-8-6-16(7-9(2)15(8)3)10-4-5-13-11(12)14-10/h4-5,8-9H,6-7H2,1-3H3,(H2,12,13,14). The lowest BCUT2D eigenvalue weighted by Gasteiger charge is -2.42. The van der Waals surface area contributed by atoms with Crippen LogP contribution in [-0.4, -0.2) is 47.1 Å². The Labute approximate surface area is 96.3 Å². The van der Waals surface area contributed by atoms with Gasteiger partial charge in [-0.1, -0.05) is 0 Å². The second-order valence-corrected chi connectivity index (χ2v) is 4.54. The summed E-state index contributed by atoms with van der Waals surface area (Å²) in [5, 5.41) is 0. The number of hydrogen-bond donors (Lipinski definition) is 1. The first kappa shape index (κ1) is 11.1. The molecular weight excluding hydrogens is 202 g/mol. The fourth-order valence-corrected chi connectivity index (χ4v) is 2.13. The SMILES string of the molecule is CC1CN(c2ccnc(N)n2)CC(C)N1C. The van der Waals surface area contributed by atoms with E-state index in [9.17, 15) is 0 Å². The highest BCUT2D eigenvalue weighted by molar-refractivity contribution is 5.42. The first-order valence-electron chi connectivity index (χ1n) is 5.63. The minimum Gasteiger partial charge on any atom is -0.368 e.